The molecule has 1 aliphatic rings. The molecular formula is C9H18N4O2. The number of rotatable bonds is 4. The van der Waals surface area contributed by atoms with E-state index in [1.165, 1.54) is 0 Å². The number of hydrogen-bond acceptors (Lipinski definition) is 4. The lowest BCUT2D eigenvalue weighted by atomic mass is 10.2. The molecule has 4 N–H and O–H groups in total. The van der Waals surface area contributed by atoms with Crippen molar-refractivity contribution in [3.05, 3.63) is 0 Å². The van der Waals surface area contributed by atoms with Crippen LogP contribution in [0.2, 0.25) is 0 Å². The van der Waals surface area contributed by atoms with Crippen LogP contribution >= 0.6 is 0 Å². The van der Waals surface area contributed by atoms with Crippen molar-refractivity contribution in [1.29, 1.82) is 0 Å². The molecule has 15 heavy (non-hydrogen) atoms. The van der Waals surface area contributed by atoms with Crippen LogP contribution in [0.25, 0.3) is 0 Å². The van der Waals surface area contributed by atoms with Crippen molar-refractivity contribution in [3.8, 4) is 0 Å². The van der Waals surface area contributed by atoms with Gasteiger partial charge in [-0.1, -0.05) is 0 Å². The smallest absolute Gasteiger partial charge is 0.234 e. The molecule has 0 aliphatic carbocycles. The van der Waals surface area contributed by atoms with Gasteiger partial charge in [0.05, 0.1) is 12.6 Å². The first-order valence-corrected chi connectivity index (χ1v) is 5.04. The monoisotopic (exact) mass is 214 g/mol. The fraction of sp³-hybridized carbons (Fsp3) is 0.778. The van der Waals surface area contributed by atoms with Crippen LogP contribution in [0, 0.1) is 0 Å². The summed E-state index contributed by atoms with van der Waals surface area (Å²) in [7, 11) is 0. The van der Waals surface area contributed by atoms with Gasteiger partial charge in [-0.2, -0.15) is 0 Å². The standard InChI is InChI=1S/C9H18N4O2/c1-7(9(11)15)13-4-2-12(3-5-13)6-8(10)14/h7H,2-6H2,1H3,(H2,10,14)(H2,11,15). The molecule has 86 valence electrons. The number of primary amides is 2. The molecule has 6 nitrogen and oxygen atoms in total. The Labute approximate surface area is 89.2 Å². The molecule has 1 heterocycles. The second kappa shape index (κ2) is 5.09. The van der Waals surface area contributed by atoms with Gasteiger partial charge < -0.3 is 11.5 Å². The van der Waals surface area contributed by atoms with Crippen LogP contribution in [-0.2, 0) is 9.59 Å². The van der Waals surface area contributed by atoms with Gasteiger partial charge in [-0.15, -0.1) is 0 Å². The normalized spacial score (nSPS) is 21.1. The van der Waals surface area contributed by atoms with Crippen molar-refractivity contribution in [2.45, 2.75) is 13.0 Å². The predicted octanol–water partition coefficient (Wildman–Crippen LogP) is -2.04. The van der Waals surface area contributed by atoms with Crippen molar-refractivity contribution >= 4 is 11.8 Å². The summed E-state index contributed by atoms with van der Waals surface area (Å²) in [5.41, 5.74) is 10.3. The van der Waals surface area contributed by atoms with Gasteiger partial charge in [-0.05, 0) is 6.92 Å². The fourth-order valence-corrected chi connectivity index (χ4v) is 1.71. The molecule has 1 rings (SSSR count). The number of carbonyl (C=O) groups excluding carboxylic acids is 2. The zero-order valence-corrected chi connectivity index (χ0v) is 8.98. The highest BCUT2D eigenvalue weighted by Gasteiger charge is 2.24. The van der Waals surface area contributed by atoms with E-state index in [0.29, 0.717) is 6.54 Å². The molecule has 1 unspecified atom stereocenters. The summed E-state index contributed by atoms with van der Waals surface area (Å²) in [4.78, 5) is 25.6. The van der Waals surface area contributed by atoms with Gasteiger partial charge in [0.2, 0.25) is 11.8 Å². The third kappa shape index (κ3) is 3.49. The van der Waals surface area contributed by atoms with Gasteiger partial charge in [0.1, 0.15) is 0 Å². The van der Waals surface area contributed by atoms with E-state index in [-0.39, 0.29) is 17.9 Å². The summed E-state index contributed by atoms with van der Waals surface area (Å²) in [5, 5.41) is 0. The van der Waals surface area contributed by atoms with Crippen LogP contribution < -0.4 is 11.5 Å². The van der Waals surface area contributed by atoms with E-state index in [0.717, 1.165) is 26.2 Å². The molecule has 1 saturated heterocycles. The summed E-state index contributed by atoms with van der Waals surface area (Å²) < 4.78 is 0. The Hall–Kier alpha value is -1.14. The Morgan fingerprint density at radius 1 is 1.20 bits per heavy atom. The van der Waals surface area contributed by atoms with Crippen molar-refractivity contribution in [2.24, 2.45) is 11.5 Å². The molecule has 0 aromatic rings. The molecular weight excluding hydrogens is 196 g/mol. The topological polar surface area (TPSA) is 92.7 Å². The van der Waals surface area contributed by atoms with E-state index < -0.39 is 0 Å². The third-order valence-corrected chi connectivity index (χ3v) is 2.75. The molecule has 0 bridgehead atoms. The Bertz CT molecular complexity index is 248. The molecule has 0 aromatic heterocycles. The molecule has 0 aromatic carbocycles. The van der Waals surface area contributed by atoms with Crippen LogP contribution in [0.15, 0.2) is 0 Å². The van der Waals surface area contributed by atoms with Crippen molar-refractivity contribution in [1.82, 2.24) is 9.80 Å². The Morgan fingerprint density at radius 2 is 1.73 bits per heavy atom. The molecule has 0 spiro atoms. The van der Waals surface area contributed by atoms with Gasteiger partial charge in [-0.3, -0.25) is 19.4 Å². The second-order valence-electron chi connectivity index (χ2n) is 3.86. The fourth-order valence-electron chi connectivity index (χ4n) is 1.71. The minimum atomic E-state index is -0.314. The minimum Gasteiger partial charge on any atom is -0.369 e. The summed E-state index contributed by atoms with van der Waals surface area (Å²) in [5.74, 6) is -0.621. The number of piperazine rings is 1. The average molecular weight is 214 g/mol. The lowest BCUT2D eigenvalue weighted by Gasteiger charge is -2.36. The van der Waals surface area contributed by atoms with E-state index in [1.54, 1.807) is 6.92 Å². The van der Waals surface area contributed by atoms with Crippen LogP contribution in [-0.4, -0.2) is 60.4 Å². The number of amides is 2. The Balaban J connectivity index is 2.35. The first-order valence-electron chi connectivity index (χ1n) is 5.04. The summed E-state index contributed by atoms with van der Waals surface area (Å²) in [6.07, 6.45) is 0. The second-order valence-corrected chi connectivity index (χ2v) is 3.86. The SMILES string of the molecule is CC(C(N)=O)N1CCN(CC(N)=O)CC1. The summed E-state index contributed by atoms with van der Waals surface area (Å²) in [6.45, 7) is 5.08. The van der Waals surface area contributed by atoms with E-state index in [4.69, 9.17) is 11.5 Å². The number of carbonyl (C=O) groups is 2. The molecule has 0 saturated carbocycles. The van der Waals surface area contributed by atoms with Crippen LogP contribution in [0.4, 0.5) is 0 Å². The average Bonchev–Trinajstić information content (AvgIpc) is 2.17. The zero-order chi connectivity index (χ0) is 11.4. The van der Waals surface area contributed by atoms with Crippen molar-refractivity contribution in [2.75, 3.05) is 32.7 Å². The number of hydrogen-bond donors (Lipinski definition) is 2. The number of nitrogens with two attached hydrogens (primary N) is 2. The van der Waals surface area contributed by atoms with Gasteiger partial charge in [-0.25, -0.2) is 0 Å². The predicted molar refractivity (Wildman–Crippen MR) is 55.9 cm³/mol. The lowest BCUT2D eigenvalue weighted by molar-refractivity contribution is -0.124. The molecule has 1 fully saturated rings. The highest BCUT2D eigenvalue weighted by Crippen LogP contribution is 2.05. The van der Waals surface area contributed by atoms with E-state index in [9.17, 15) is 9.59 Å². The molecule has 1 atom stereocenters. The van der Waals surface area contributed by atoms with E-state index in [1.807, 2.05) is 9.80 Å². The first-order chi connectivity index (χ1) is 7.00. The van der Waals surface area contributed by atoms with Crippen LogP contribution in [0.3, 0.4) is 0 Å². The molecule has 0 radical (unpaired) electrons. The van der Waals surface area contributed by atoms with Gasteiger partial charge in [0.25, 0.3) is 0 Å². The largest absolute Gasteiger partial charge is 0.369 e. The van der Waals surface area contributed by atoms with Gasteiger partial charge >= 0.3 is 0 Å². The molecule has 1 aliphatic heterocycles. The number of nitrogens with zero attached hydrogens (tertiary/aromatic N) is 2. The quantitative estimate of drug-likeness (QED) is 0.564. The van der Waals surface area contributed by atoms with Crippen molar-refractivity contribution < 1.29 is 9.59 Å². The highest BCUT2D eigenvalue weighted by molar-refractivity contribution is 5.79. The maximum absolute atomic E-state index is 11.0. The zero-order valence-electron chi connectivity index (χ0n) is 8.98. The van der Waals surface area contributed by atoms with Crippen molar-refractivity contribution in [3.63, 3.8) is 0 Å². The molecule has 2 amide bonds. The van der Waals surface area contributed by atoms with Gasteiger partial charge in [0, 0.05) is 26.2 Å². The highest BCUT2D eigenvalue weighted by atomic mass is 16.1. The lowest BCUT2D eigenvalue weighted by Crippen LogP contribution is -2.54. The third-order valence-electron chi connectivity index (χ3n) is 2.75. The maximum atomic E-state index is 11.0. The van der Waals surface area contributed by atoms with Gasteiger partial charge in [0.15, 0.2) is 0 Å². The molecule has 6 heteroatoms. The minimum absolute atomic E-state index is 0.235. The summed E-state index contributed by atoms with van der Waals surface area (Å²) in [6, 6.07) is -0.235. The summed E-state index contributed by atoms with van der Waals surface area (Å²) >= 11 is 0. The van der Waals surface area contributed by atoms with E-state index >= 15 is 0 Å². The first kappa shape index (κ1) is 11.9. The van der Waals surface area contributed by atoms with E-state index in [2.05, 4.69) is 0 Å². The van der Waals surface area contributed by atoms with Crippen LogP contribution in [0.5, 0.6) is 0 Å². The maximum Gasteiger partial charge on any atom is 0.234 e. The van der Waals surface area contributed by atoms with Crippen LogP contribution in [0.1, 0.15) is 6.92 Å². The Morgan fingerprint density at radius 3 is 2.13 bits per heavy atom. The Kier molecular flexibility index (Phi) is 4.05.